The second kappa shape index (κ2) is 9.96. The number of nitrogens with zero attached hydrogens (tertiary/aromatic N) is 2. The molecule has 0 bridgehead atoms. The van der Waals surface area contributed by atoms with Crippen molar-refractivity contribution in [3.05, 3.63) is 164 Å². The number of fused-ring (bicyclic) bond motifs is 11. The van der Waals surface area contributed by atoms with Crippen molar-refractivity contribution in [2.75, 3.05) is 4.81 Å². The minimum absolute atomic E-state index is 0.0997. The zero-order chi connectivity index (χ0) is 29.0. The fraction of sp³-hybridized carbons (Fsp3) is 0. The van der Waals surface area contributed by atoms with E-state index in [9.17, 15) is 0 Å². The zero-order valence-corrected chi connectivity index (χ0v) is 24.1. The van der Waals surface area contributed by atoms with Crippen molar-refractivity contribution in [1.82, 2.24) is 4.98 Å². The first kappa shape index (κ1) is 24.9. The fourth-order valence-corrected chi connectivity index (χ4v) is 7.07. The van der Waals surface area contributed by atoms with E-state index < -0.39 is 0 Å². The lowest BCUT2D eigenvalue weighted by Crippen LogP contribution is -2.59. The van der Waals surface area contributed by atoms with E-state index in [2.05, 4.69) is 156 Å². The van der Waals surface area contributed by atoms with Crippen LogP contribution in [0.25, 0.3) is 55.8 Å². The summed E-state index contributed by atoms with van der Waals surface area (Å²) in [4.78, 5) is 7.38. The first-order chi connectivity index (χ1) is 21.8. The van der Waals surface area contributed by atoms with Crippen LogP contribution in [0, 0.1) is 0 Å². The van der Waals surface area contributed by atoms with Gasteiger partial charge in [0, 0.05) is 39.8 Å². The van der Waals surface area contributed by atoms with Crippen LogP contribution in [-0.4, -0.2) is 11.8 Å². The number of hydrogen-bond acceptors (Lipinski definition) is 2. The second-order valence-electron chi connectivity index (χ2n) is 11.6. The van der Waals surface area contributed by atoms with Gasteiger partial charge < -0.3 is 4.81 Å². The Morgan fingerprint density at radius 2 is 0.886 bits per heavy atom. The molecule has 0 spiro atoms. The van der Waals surface area contributed by atoms with Gasteiger partial charge in [-0.1, -0.05) is 127 Å². The summed E-state index contributed by atoms with van der Waals surface area (Å²) in [6, 6.07) is 57.1. The smallest absolute Gasteiger partial charge is 0.329 e. The number of rotatable bonds is 3. The summed E-state index contributed by atoms with van der Waals surface area (Å²) in [5, 5.41) is 0. The summed E-state index contributed by atoms with van der Waals surface area (Å²) < 4.78 is 0. The van der Waals surface area contributed by atoms with Crippen molar-refractivity contribution < 1.29 is 0 Å². The summed E-state index contributed by atoms with van der Waals surface area (Å²) in [6.07, 6.45) is 2.00. The van der Waals surface area contributed by atoms with Crippen molar-refractivity contribution in [1.29, 1.82) is 0 Å². The van der Waals surface area contributed by atoms with E-state index in [-0.39, 0.29) is 6.85 Å². The zero-order valence-electron chi connectivity index (χ0n) is 24.1. The fourth-order valence-electron chi connectivity index (χ4n) is 7.07. The topological polar surface area (TPSA) is 16.1 Å². The van der Waals surface area contributed by atoms with Crippen LogP contribution in [0.3, 0.4) is 0 Å². The molecule has 7 aromatic rings. The van der Waals surface area contributed by atoms with Gasteiger partial charge in [0.05, 0.1) is 5.69 Å². The van der Waals surface area contributed by atoms with E-state index >= 15 is 0 Å². The second-order valence-corrected chi connectivity index (χ2v) is 11.6. The van der Waals surface area contributed by atoms with Crippen LogP contribution in [0.5, 0.6) is 0 Å². The van der Waals surface area contributed by atoms with Crippen LogP contribution < -0.4 is 15.7 Å². The van der Waals surface area contributed by atoms with Crippen molar-refractivity contribution in [2.45, 2.75) is 0 Å². The van der Waals surface area contributed by atoms with Crippen molar-refractivity contribution in [2.24, 2.45) is 0 Å². The summed E-state index contributed by atoms with van der Waals surface area (Å²) in [7, 11) is 0. The molecule has 2 aliphatic rings. The maximum Gasteiger partial charge on any atom is 0.329 e. The first-order valence-corrected chi connectivity index (χ1v) is 15.2. The highest BCUT2D eigenvalue weighted by atomic mass is 15.1. The molecule has 44 heavy (non-hydrogen) atoms. The molecular weight excluding hydrogens is 531 g/mol. The van der Waals surface area contributed by atoms with Crippen LogP contribution in [0.15, 0.2) is 164 Å². The molecule has 0 aliphatic carbocycles. The number of pyridine rings is 1. The van der Waals surface area contributed by atoms with Gasteiger partial charge in [-0.25, -0.2) is 0 Å². The van der Waals surface area contributed by atoms with E-state index in [0.29, 0.717) is 0 Å². The standard InChI is InChI=1S/C41H27BN2/c1-3-11-28(12-4-1)30-20-23-40-35(25-30)33-15-7-9-17-37(33)42-38-18-10-8-16-34(38)36-26-31(21-24-41(36)44(40)42)32-19-22-39(43-27-32)29-13-5-2-6-14-29/h1-27H. The normalized spacial score (nSPS) is 12.5. The SMILES string of the molecule is c1ccc(-c2ccc3c(c2)-c2ccccc2B2c4ccccc4-c4cc(-c5ccc(-c6ccccc6)nc5)ccc4N23)cc1. The van der Waals surface area contributed by atoms with Crippen molar-refractivity contribution in [3.63, 3.8) is 0 Å². The molecule has 3 heterocycles. The molecule has 0 N–H and O–H groups in total. The van der Waals surface area contributed by atoms with Crippen LogP contribution in [0.4, 0.5) is 11.4 Å². The molecule has 9 rings (SSSR count). The van der Waals surface area contributed by atoms with E-state index in [1.807, 2.05) is 12.3 Å². The van der Waals surface area contributed by atoms with Gasteiger partial charge in [-0.2, -0.15) is 0 Å². The average Bonchev–Trinajstić information content (AvgIpc) is 3.12. The molecule has 0 amide bonds. The Balaban J connectivity index is 1.21. The lowest BCUT2D eigenvalue weighted by Gasteiger charge is -2.43. The molecule has 1 aromatic heterocycles. The number of hydrogen-bond donors (Lipinski definition) is 0. The third kappa shape index (κ3) is 3.87. The third-order valence-electron chi connectivity index (χ3n) is 9.13. The third-order valence-corrected chi connectivity index (χ3v) is 9.13. The van der Waals surface area contributed by atoms with Gasteiger partial charge in [-0.05, 0) is 69.1 Å². The summed E-state index contributed by atoms with van der Waals surface area (Å²) in [5.41, 5.74) is 17.1. The van der Waals surface area contributed by atoms with Crippen molar-refractivity contribution in [3.8, 4) is 55.8 Å². The van der Waals surface area contributed by atoms with Gasteiger partial charge in [-0.15, -0.1) is 0 Å². The van der Waals surface area contributed by atoms with Crippen molar-refractivity contribution >= 4 is 29.1 Å². The Bertz CT molecular complexity index is 2170. The molecule has 0 unspecified atom stereocenters. The predicted octanol–water partition coefficient (Wildman–Crippen LogP) is 8.99. The van der Waals surface area contributed by atoms with E-state index in [4.69, 9.17) is 4.98 Å². The lowest BCUT2D eigenvalue weighted by molar-refractivity contribution is 1.32. The lowest BCUT2D eigenvalue weighted by atomic mass is 9.43. The molecule has 0 saturated heterocycles. The molecule has 0 atom stereocenters. The summed E-state index contributed by atoms with van der Waals surface area (Å²) in [6.45, 7) is 0.0997. The predicted molar refractivity (Wildman–Crippen MR) is 185 cm³/mol. The average molecular weight is 558 g/mol. The van der Waals surface area contributed by atoms with Crippen LogP contribution in [0.1, 0.15) is 0 Å². The first-order valence-electron chi connectivity index (χ1n) is 15.2. The Kier molecular flexibility index (Phi) is 5.64. The minimum Gasteiger partial charge on any atom is -0.376 e. The van der Waals surface area contributed by atoms with Gasteiger partial charge >= 0.3 is 6.85 Å². The molecule has 2 aliphatic heterocycles. The van der Waals surface area contributed by atoms with Gasteiger partial charge in [-0.3, -0.25) is 4.98 Å². The number of anilines is 2. The largest absolute Gasteiger partial charge is 0.376 e. The molecule has 6 aromatic carbocycles. The van der Waals surface area contributed by atoms with E-state index in [1.54, 1.807) is 0 Å². The Morgan fingerprint density at radius 1 is 0.386 bits per heavy atom. The van der Waals surface area contributed by atoms with Crippen LogP contribution >= 0.6 is 0 Å². The molecule has 0 fully saturated rings. The highest BCUT2D eigenvalue weighted by Crippen LogP contribution is 2.47. The van der Waals surface area contributed by atoms with E-state index in [1.165, 1.54) is 61.2 Å². The maximum absolute atomic E-state index is 4.82. The molecule has 204 valence electrons. The highest BCUT2D eigenvalue weighted by Gasteiger charge is 2.42. The Hall–Kier alpha value is -5.67. The Morgan fingerprint density at radius 3 is 1.45 bits per heavy atom. The van der Waals surface area contributed by atoms with Gasteiger partial charge in [0.25, 0.3) is 0 Å². The molecule has 0 radical (unpaired) electrons. The van der Waals surface area contributed by atoms with Gasteiger partial charge in [0.15, 0.2) is 0 Å². The number of aromatic nitrogens is 1. The van der Waals surface area contributed by atoms with E-state index in [0.717, 1.165) is 16.8 Å². The van der Waals surface area contributed by atoms with Gasteiger partial charge in [0.1, 0.15) is 0 Å². The summed E-state index contributed by atoms with van der Waals surface area (Å²) >= 11 is 0. The van der Waals surface area contributed by atoms with Crippen LogP contribution in [-0.2, 0) is 0 Å². The Labute approximate surface area is 258 Å². The molecule has 3 heteroatoms. The summed E-state index contributed by atoms with van der Waals surface area (Å²) in [5.74, 6) is 0. The van der Waals surface area contributed by atoms with Crippen LogP contribution in [0.2, 0.25) is 0 Å². The highest BCUT2D eigenvalue weighted by molar-refractivity contribution is 6.92. The minimum atomic E-state index is 0.0997. The molecular formula is C41H27BN2. The monoisotopic (exact) mass is 558 g/mol. The molecule has 2 nitrogen and oxygen atoms in total. The quantitative estimate of drug-likeness (QED) is 0.201. The number of benzene rings is 6. The maximum atomic E-state index is 4.82. The molecule has 0 saturated carbocycles. The van der Waals surface area contributed by atoms with Gasteiger partial charge in [0.2, 0.25) is 0 Å².